The molecule has 0 spiro atoms. The lowest BCUT2D eigenvalue weighted by molar-refractivity contribution is 0.488. The second kappa shape index (κ2) is 5.03. The van der Waals surface area contributed by atoms with Gasteiger partial charge in [0.15, 0.2) is 5.82 Å². The van der Waals surface area contributed by atoms with Gasteiger partial charge in [0.25, 0.3) is 0 Å². The van der Waals surface area contributed by atoms with Crippen molar-refractivity contribution in [1.29, 1.82) is 0 Å². The summed E-state index contributed by atoms with van der Waals surface area (Å²) in [5, 5.41) is 17.0. The van der Waals surface area contributed by atoms with Crippen molar-refractivity contribution >= 4 is 11.8 Å². The first-order valence-corrected chi connectivity index (χ1v) is 6.70. The summed E-state index contributed by atoms with van der Waals surface area (Å²) in [5.74, 6) is 1.40. The zero-order chi connectivity index (χ0) is 12.4. The van der Waals surface area contributed by atoms with E-state index in [9.17, 15) is 4.39 Å². The predicted octanol–water partition coefficient (Wildman–Crippen LogP) is 1.67. The molecule has 94 valence electrons. The fraction of sp³-hybridized carbons (Fsp3) is 0.364. The van der Waals surface area contributed by atoms with E-state index in [1.54, 1.807) is 17.8 Å². The summed E-state index contributed by atoms with van der Waals surface area (Å²) in [5.41, 5.74) is 1.02. The van der Waals surface area contributed by atoms with Crippen molar-refractivity contribution in [3.05, 3.63) is 35.4 Å². The zero-order valence-corrected chi connectivity index (χ0v) is 10.4. The van der Waals surface area contributed by atoms with Gasteiger partial charge in [-0.15, -0.1) is 22.0 Å². The van der Waals surface area contributed by atoms with Crippen LogP contribution >= 0.6 is 11.8 Å². The van der Waals surface area contributed by atoms with Gasteiger partial charge in [0, 0.05) is 10.9 Å². The van der Waals surface area contributed by atoms with Gasteiger partial charge in [0.1, 0.15) is 5.82 Å². The monoisotopic (exact) mass is 265 g/mol. The Hall–Kier alpha value is -1.47. The number of hydrogen-bond donors (Lipinski definition) is 2. The first-order chi connectivity index (χ1) is 8.84. The molecule has 2 aromatic rings. The molecular formula is C11H12FN5S. The molecule has 18 heavy (non-hydrogen) atoms. The molecule has 0 aliphatic carbocycles. The predicted molar refractivity (Wildman–Crippen MR) is 65.5 cm³/mol. The van der Waals surface area contributed by atoms with Crippen LogP contribution in [-0.2, 0) is 6.54 Å². The highest BCUT2D eigenvalue weighted by Gasteiger charge is 2.22. The molecule has 1 aliphatic rings. The maximum atomic E-state index is 13.7. The van der Waals surface area contributed by atoms with E-state index in [-0.39, 0.29) is 11.9 Å². The third-order valence-corrected chi connectivity index (χ3v) is 4.08. The molecule has 1 atom stereocenters. The minimum Gasteiger partial charge on any atom is -0.303 e. The van der Waals surface area contributed by atoms with Crippen molar-refractivity contribution in [2.24, 2.45) is 0 Å². The number of hydrogen-bond acceptors (Lipinski definition) is 5. The Morgan fingerprint density at radius 1 is 1.50 bits per heavy atom. The molecule has 2 N–H and O–H groups in total. The molecular weight excluding hydrogens is 253 g/mol. The van der Waals surface area contributed by atoms with E-state index in [0.29, 0.717) is 12.4 Å². The van der Waals surface area contributed by atoms with Crippen LogP contribution in [0.4, 0.5) is 4.39 Å². The molecule has 0 bridgehead atoms. The Morgan fingerprint density at radius 2 is 2.44 bits per heavy atom. The van der Waals surface area contributed by atoms with Gasteiger partial charge in [-0.1, -0.05) is 17.3 Å². The van der Waals surface area contributed by atoms with Crippen LogP contribution < -0.4 is 5.32 Å². The number of tetrazole rings is 1. The third kappa shape index (κ3) is 2.23. The molecule has 2 heterocycles. The Balaban J connectivity index is 1.77. The molecule has 0 saturated carbocycles. The molecule has 3 rings (SSSR count). The fourth-order valence-electron chi connectivity index (χ4n) is 2.07. The van der Waals surface area contributed by atoms with Crippen molar-refractivity contribution < 1.29 is 4.39 Å². The highest BCUT2D eigenvalue weighted by Crippen LogP contribution is 2.37. The molecule has 0 saturated heterocycles. The van der Waals surface area contributed by atoms with Gasteiger partial charge in [-0.3, -0.25) is 0 Å². The van der Waals surface area contributed by atoms with E-state index in [0.717, 1.165) is 22.6 Å². The zero-order valence-electron chi connectivity index (χ0n) is 9.56. The molecule has 0 fully saturated rings. The third-order valence-electron chi connectivity index (χ3n) is 2.92. The van der Waals surface area contributed by atoms with Crippen LogP contribution in [0.2, 0.25) is 0 Å². The number of H-pyrrole nitrogens is 1. The molecule has 1 aromatic heterocycles. The van der Waals surface area contributed by atoms with Crippen LogP contribution in [0.25, 0.3) is 0 Å². The molecule has 1 unspecified atom stereocenters. The van der Waals surface area contributed by atoms with Gasteiger partial charge in [0.05, 0.1) is 6.54 Å². The number of fused-ring (bicyclic) bond motifs is 1. The first kappa shape index (κ1) is 11.6. The number of rotatable bonds is 3. The van der Waals surface area contributed by atoms with Gasteiger partial charge in [0.2, 0.25) is 0 Å². The quantitative estimate of drug-likeness (QED) is 0.883. The van der Waals surface area contributed by atoms with Gasteiger partial charge < -0.3 is 5.32 Å². The summed E-state index contributed by atoms with van der Waals surface area (Å²) in [6, 6.07) is 5.38. The van der Waals surface area contributed by atoms with E-state index in [2.05, 4.69) is 25.9 Å². The Morgan fingerprint density at radius 3 is 3.28 bits per heavy atom. The maximum absolute atomic E-state index is 13.7. The minimum atomic E-state index is -0.136. The highest BCUT2D eigenvalue weighted by molar-refractivity contribution is 7.99. The molecule has 0 amide bonds. The summed E-state index contributed by atoms with van der Waals surface area (Å²) in [7, 11) is 0. The van der Waals surface area contributed by atoms with E-state index in [4.69, 9.17) is 0 Å². The van der Waals surface area contributed by atoms with E-state index in [1.807, 2.05) is 6.07 Å². The van der Waals surface area contributed by atoms with Crippen molar-refractivity contribution in [1.82, 2.24) is 25.9 Å². The maximum Gasteiger partial charge on any atom is 0.188 e. The minimum absolute atomic E-state index is 0.136. The second-order valence-electron chi connectivity index (χ2n) is 4.06. The summed E-state index contributed by atoms with van der Waals surface area (Å²) in [6.07, 6.45) is 0.971. The van der Waals surface area contributed by atoms with Crippen LogP contribution in [0.5, 0.6) is 0 Å². The van der Waals surface area contributed by atoms with Crippen LogP contribution in [0.3, 0.4) is 0 Å². The summed E-state index contributed by atoms with van der Waals surface area (Å²) < 4.78 is 13.7. The van der Waals surface area contributed by atoms with Crippen molar-refractivity contribution in [3.8, 4) is 0 Å². The number of thioether (sulfide) groups is 1. The highest BCUT2D eigenvalue weighted by atomic mass is 32.2. The SMILES string of the molecule is Fc1cccc2c1SCCC2NCc1nn[nH]n1. The van der Waals surface area contributed by atoms with Gasteiger partial charge >= 0.3 is 0 Å². The Labute approximate surface area is 108 Å². The van der Waals surface area contributed by atoms with Crippen LogP contribution in [0.15, 0.2) is 23.1 Å². The van der Waals surface area contributed by atoms with Crippen molar-refractivity contribution in [2.45, 2.75) is 23.9 Å². The summed E-state index contributed by atoms with van der Waals surface area (Å²) in [6.45, 7) is 0.530. The van der Waals surface area contributed by atoms with Gasteiger partial charge in [-0.05, 0) is 23.8 Å². The van der Waals surface area contributed by atoms with E-state index in [1.165, 1.54) is 6.07 Å². The normalized spacial score (nSPS) is 18.6. The molecule has 1 aromatic carbocycles. The number of nitrogens with zero attached hydrogens (tertiary/aromatic N) is 3. The van der Waals surface area contributed by atoms with E-state index < -0.39 is 0 Å². The molecule has 1 aliphatic heterocycles. The average Bonchev–Trinajstić information content (AvgIpc) is 2.90. The van der Waals surface area contributed by atoms with Crippen LogP contribution in [0.1, 0.15) is 23.9 Å². The van der Waals surface area contributed by atoms with E-state index >= 15 is 0 Å². The number of halogens is 1. The van der Waals surface area contributed by atoms with Gasteiger partial charge in [-0.25, -0.2) is 4.39 Å². The second-order valence-corrected chi connectivity index (χ2v) is 5.16. The average molecular weight is 265 g/mol. The first-order valence-electron chi connectivity index (χ1n) is 5.71. The number of aromatic nitrogens is 4. The number of benzene rings is 1. The summed E-state index contributed by atoms with van der Waals surface area (Å²) in [4.78, 5) is 0.759. The molecule has 5 nitrogen and oxygen atoms in total. The molecule has 0 radical (unpaired) electrons. The summed E-state index contributed by atoms with van der Waals surface area (Å²) >= 11 is 1.58. The largest absolute Gasteiger partial charge is 0.303 e. The number of nitrogens with one attached hydrogen (secondary N) is 2. The molecule has 7 heteroatoms. The standard InChI is InChI=1S/C11H12FN5S/c12-8-3-1-2-7-9(4-5-18-11(7)8)13-6-10-14-16-17-15-10/h1-3,9,13H,4-6H2,(H,14,15,16,17). The Bertz CT molecular complexity index is 530. The lowest BCUT2D eigenvalue weighted by Crippen LogP contribution is -2.25. The lowest BCUT2D eigenvalue weighted by atomic mass is 10.0. The number of aromatic amines is 1. The van der Waals surface area contributed by atoms with Crippen LogP contribution in [0, 0.1) is 5.82 Å². The topological polar surface area (TPSA) is 66.5 Å². The Kier molecular flexibility index (Phi) is 3.24. The van der Waals surface area contributed by atoms with Gasteiger partial charge in [-0.2, -0.15) is 5.21 Å². The lowest BCUT2D eigenvalue weighted by Gasteiger charge is -2.25. The van der Waals surface area contributed by atoms with Crippen molar-refractivity contribution in [3.63, 3.8) is 0 Å². The van der Waals surface area contributed by atoms with Crippen LogP contribution in [-0.4, -0.2) is 26.4 Å². The smallest absolute Gasteiger partial charge is 0.188 e. The van der Waals surface area contributed by atoms with Crippen molar-refractivity contribution in [2.75, 3.05) is 5.75 Å². The fourth-order valence-corrected chi connectivity index (χ4v) is 3.21.